The Balaban J connectivity index is 1.38. The Morgan fingerprint density at radius 3 is 2.96 bits per heavy atom. The van der Waals surface area contributed by atoms with Crippen LogP contribution in [-0.2, 0) is 4.79 Å². The number of carbonyl (C=O) groups excluding carboxylic acids is 2. The van der Waals surface area contributed by atoms with Crippen LogP contribution in [-0.4, -0.2) is 36.8 Å². The van der Waals surface area contributed by atoms with Crippen molar-refractivity contribution in [3.05, 3.63) is 48.0 Å². The summed E-state index contributed by atoms with van der Waals surface area (Å²) in [4.78, 5) is 24.8. The highest BCUT2D eigenvalue weighted by molar-refractivity contribution is 8.00. The van der Waals surface area contributed by atoms with Crippen molar-refractivity contribution in [3.63, 3.8) is 0 Å². The number of para-hydroxylation sites is 2. The predicted octanol–water partition coefficient (Wildman–Crippen LogP) is 2.30. The third kappa shape index (κ3) is 3.41. The quantitative estimate of drug-likeness (QED) is 0.883. The second kappa shape index (κ2) is 6.68. The molecule has 2 aliphatic rings. The lowest BCUT2D eigenvalue weighted by Crippen LogP contribution is -2.40. The maximum atomic E-state index is 12.4. The molecule has 2 N–H and O–H groups in total. The van der Waals surface area contributed by atoms with Crippen LogP contribution in [0.15, 0.2) is 47.4 Å². The van der Waals surface area contributed by atoms with E-state index in [1.807, 2.05) is 30.3 Å². The normalized spacial score (nSPS) is 18.1. The van der Waals surface area contributed by atoms with E-state index >= 15 is 0 Å². The molecule has 2 aliphatic heterocycles. The predicted molar refractivity (Wildman–Crippen MR) is 94.5 cm³/mol. The van der Waals surface area contributed by atoms with Crippen LogP contribution < -0.4 is 20.1 Å². The SMILES string of the molecule is O=C1CSc2ccc(C(=O)NC[C@@H]3COc4ccccc4O3)cc2N1. The van der Waals surface area contributed by atoms with Gasteiger partial charge < -0.3 is 20.1 Å². The molecular formula is C18H16N2O4S. The van der Waals surface area contributed by atoms with E-state index < -0.39 is 0 Å². The van der Waals surface area contributed by atoms with Gasteiger partial charge in [-0.2, -0.15) is 0 Å². The number of fused-ring (bicyclic) bond motifs is 2. The highest BCUT2D eigenvalue weighted by atomic mass is 32.2. The summed E-state index contributed by atoms with van der Waals surface area (Å²) in [5, 5.41) is 5.64. The van der Waals surface area contributed by atoms with Gasteiger partial charge >= 0.3 is 0 Å². The minimum Gasteiger partial charge on any atom is -0.486 e. The summed E-state index contributed by atoms with van der Waals surface area (Å²) in [6.07, 6.45) is -0.244. The third-order valence-corrected chi connectivity index (χ3v) is 5.01. The first-order chi connectivity index (χ1) is 12.2. The largest absolute Gasteiger partial charge is 0.486 e. The van der Waals surface area contributed by atoms with E-state index in [-0.39, 0.29) is 17.9 Å². The Kier molecular flexibility index (Phi) is 4.23. The molecule has 2 heterocycles. The molecule has 25 heavy (non-hydrogen) atoms. The average molecular weight is 356 g/mol. The fourth-order valence-electron chi connectivity index (χ4n) is 2.70. The number of benzene rings is 2. The van der Waals surface area contributed by atoms with Gasteiger partial charge in [-0.05, 0) is 30.3 Å². The van der Waals surface area contributed by atoms with Crippen LogP contribution >= 0.6 is 11.8 Å². The minimum atomic E-state index is -0.244. The van der Waals surface area contributed by atoms with Gasteiger partial charge in [-0.25, -0.2) is 0 Å². The molecule has 0 aromatic heterocycles. The van der Waals surface area contributed by atoms with Crippen LogP contribution in [0.1, 0.15) is 10.4 Å². The summed E-state index contributed by atoms with van der Waals surface area (Å²) in [5.41, 5.74) is 1.18. The lowest BCUT2D eigenvalue weighted by atomic mass is 10.1. The van der Waals surface area contributed by atoms with E-state index in [2.05, 4.69) is 10.6 Å². The van der Waals surface area contributed by atoms with Crippen molar-refractivity contribution >= 4 is 29.3 Å². The lowest BCUT2D eigenvalue weighted by Gasteiger charge is -2.26. The fourth-order valence-corrected chi connectivity index (χ4v) is 3.49. The molecule has 0 fully saturated rings. The van der Waals surface area contributed by atoms with E-state index in [4.69, 9.17) is 9.47 Å². The van der Waals surface area contributed by atoms with Crippen molar-refractivity contribution in [1.82, 2.24) is 5.32 Å². The standard InChI is InChI=1S/C18H16N2O4S/c21-17-10-25-16-6-5-11(7-13(16)20-17)18(22)19-8-12-9-23-14-3-1-2-4-15(14)24-12/h1-7,12H,8-10H2,(H,19,22)(H,20,21)/t12-/m1/s1. The molecule has 0 unspecified atom stereocenters. The summed E-state index contributed by atoms with van der Waals surface area (Å²) in [6, 6.07) is 12.8. The number of ether oxygens (including phenoxy) is 2. The highest BCUT2D eigenvalue weighted by Crippen LogP contribution is 2.32. The summed E-state index contributed by atoms with van der Waals surface area (Å²) in [7, 11) is 0. The van der Waals surface area contributed by atoms with E-state index in [9.17, 15) is 9.59 Å². The van der Waals surface area contributed by atoms with E-state index in [1.54, 1.807) is 12.1 Å². The van der Waals surface area contributed by atoms with Crippen molar-refractivity contribution in [3.8, 4) is 11.5 Å². The monoisotopic (exact) mass is 356 g/mol. The minimum absolute atomic E-state index is 0.0542. The lowest BCUT2D eigenvalue weighted by molar-refractivity contribution is -0.113. The number of rotatable bonds is 3. The number of hydrogen-bond donors (Lipinski definition) is 2. The molecule has 1 atom stereocenters. The zero-order valence-electron chi connectivity index (χ0n) is 13.3. The van der Waals surface area contributed by atoms with E-state index in [0.29, 0.717) is 41.7 Å². The van der Waals surface area contributed by atoms with Gasteiger partial charge in [0.2, 0.25) is 5.91 Å². The van der Waals surface area contributed by atoms with Crippen molar-refractivity contribution in [1.29, 1.82) is 0 Å². The van der Waals surface area contributed by atoms with Gasteiger partial charge in [0, 0.05) is 10.5 Å². The van der Waals surface area contributed by atoms with E-state index in [1.165, 1.54) is 11.8 Å². The van der Waals surface area contributed by atoms with Gasteiger partial charge in [0.15, 0.2) is 11.5 Å². The topological polar surface area (TPSA) is 76.7 Å². The van der Waals surface area contributed by atoms with Crippen molar-refractivity contribution in [2.45, 2.75) is 11.0 Å². The maximum absolute atomic E-state index is 12.4. The highest BCUT2D eigenvalue weighted by Gasteiger charge is 2.22. The molecule has 0 aliphatic carbocycles. The number of carbonyl (C=O) groups is 2. The van der Waals surface area contributed by atoms with Crippen LogP contribution in [0.3, 0.4) is 0 Å². The Labute approximate surface area is 148 Å². The summed E-state index contributed by atoms with van der Waals surface area (Å²) in [5.74, 6) is 1.53. The molecule has 0 spiro atoms. The van der Waals surface area contributed by atoms with Crippen LogP contribution in [0.5, 0.6) is 11.5 Å². The molecule has 7 heteroatoms. The number of anilines is 1. The number of thioether (sulfide) groups is 1. The Hall–Kier alpha value is -2.67. The van der Waals surface area contributed by atoms with Gasteiger partial charge in [-0.1, -0.05) is 12.1 Å². The fraction of sp³-hybridized carbons (Fsp3) is 0.222. The Bertz CT molecular complexity index is 840. The number of nitrogens with one attached hydrogen (secondary N) is 2. The van der Waals surface area contributed by atoms with Crippen LogP contribution in [0.4, 0.5) is 5.69 Å². The molecule has 2 amide bonds. The maximum Gasteiger partial charge on any atom is 0.251 e. The van der Waals surface area contributed by atoms with Gasteiger partial charge in [0.05, 0.1) is 18.0 Å². The van der Waals surface area contributed by atoms with Crippen LogP contribution in [0.2, 0.25) is 0 Å². The molecule has 2 aromatic rings. The molecular weight excluding hydrogens is 340 g/mol. The molecule has 0 bridgehead atoms. The first-order valence-electron chi connectivity index (χ1n) is 7.92. The zero-order valence-corrected chi connectivity index (χ0v) is 14.1. The molecule has 0 saturated carbocycles. The van der Waals surface area contributed by atoms with Gasteiger partial charge in [-0.15, -0.1) is 11.8 Å². The van der Waals surface area contributed by atoms with Crippen molar-refractivity contribution in [2.75, 3.05) is 24.2 Å². The molecule has 4 rings (SSSR count). The molecule has 0 radical (unpaired) electrons. The van der Waals surface area contributed by atoms with Crippen LogP contribution in [0, 0.1) is 0 Å². The molecule has 6 nitrogen and oxygen atoms in total. The van der Waals surface area contributed by atoms with Gasteiger partial charge in [0.25, 0.3) is 5.91 Å². The van der Waals surface area contributed by atoms with Gasteiger partial charge in [-0.3, -0.25) is 9.59 Å². The van der Waals surface area contributed by atoms with E-state index in [0.717, 1.165) is 4.90 Å². The average Bonchev–Trinajstić information content (AvgIpc) is 2.65. The second-order valence-corrected chi connectivity index (χ2v) is 6.77. The van der Waals surface area contributed by atoms with Gasteiger partial charge in [0.1, 0.15) is 12.7 Å². The molecule has 0 saturated heterocycles. The summed E-state index contributed by atoms with van der Waals surface area (Å²) in [6.45, 7) is 0.722. The van der Waals surface area contributed by atoms with Crippen LogP contribution in [0.25, 0.3) is 0 Å². The molecule has 2 aromatic carbocycles. The summed E-state index contributed by atoms with van der Waals surface area (Å²) < 4.78 is 11.5. The van der Waals surface area contributed by atoms with Crippen molar-refractivity contribution in [2.24, 2.45) is 0 Å². The Morgan fingerprint density at radius 2 is 2.08 bits per heavy atom. The van der Waals surface area contributed by atoms with Crippen molar-refractivity contribution < 1.29 is 19.1 Å². The first-order valence-corrected chi connectivity index (χ1v) is 8.91. The first kappa shape index (κ1) is 15.8. The second-order valence-electron chi connectivity index (χ2n) is 5.76. The number of amides is 2. The Morgan fingerprint density at radius 1 is 1.24 bits per heavy atom. The number of hydrogen-bond acceptors (Lipinski definition) is 5. The molecule has 128 valence electrons. The smallest absolute Gasteiger partial charge is 0.251 e. The zero-order chi connectivity index (χ0) is 17.2. The summed E-state index contributed by atoms with van der Waals surface area (Å²) >= 11 is 1.47. The third-order valence-electron chi connectivity index (χ3n) is 3.93.